The monoisotopic (exact) mass is 204 g/mol. The summed E-state index contributed by atoms with van der Waals surface area (Å²) in [5.74, 6) is -0.193. The van der Waals surface area contributed by atoms with E-state index in [4.69, 9.17) is 5.73 Å². The van der Waals surface area contributed by atoms with Crippen LogP contribution in [0.5, 0.6) is 0 Å². The molecule has 2 nitrogen and oxygen atoms in total. The predicted molar refractivity (Wildman–Crippen MR) is 58.1 cm³/mol. The van der Waals surface area contributed by atoms with E-state index in [1.54, 1.807) is 6.07 Å². The zero-order valence-electron chi connectivity index (χ0n) is 8.41. The Morgan fingerprint density at radius 1 is 1.33 bits per heavy atom. The topological polar surface area (TPSA) is 30.9 Å². The van der Waals surface area contributed by atoms with Gasteiger partial charge in [0.05, 0.1) is 11.7 Å². The van der Waals surface area contributed by atoms with Crippen molar-refractivity contribution < 1.29 is 4.39 Å². The number of fused-ring (bicyclic) bond motifs is 3. The van der Waals surface area contributed by atoms with E-state index in [0.717, 1.165) is 30.2 Å². The first-order chi connectivity index (χ1) is 7.25. The highest BCUT2D eigenvalue weighted by Gasteiger charge is 2.18. The summed E-state index contributed by atoms with van der Waals surface area (Å²) in [7, 11) is 0. The lowest BCUT2D eigenvalue weighted by Crippen LogP contribution is -2.24. The van der Waals surface area contributed by atoms with Crippen molar-refractivity contribution >= 4 is 10.9 Å². The number of hydrogen-bond acceptors (Lipinski definition) is 1. The number of rotatable bonds is 0. The first kappa shape index (κ1) is 8.92. The highest BCUT2D eigenvalue weighted by Crippen LogP contribution is 2.29. The fourth-order valence-corrected chi connectivity index (χ4v) is 2.46. The molecule has 0 amide bonds. The van der Waals surface area contributed by atoms with Crippen LogP contribution in [0.2, 0.25) is 0 Å². The molecule has 1 aromatic heterocycles. The standard InChI is InChI=1S/C12H13FN2/c13-9-5-4-8-6-10-2-1-3-12(14)15(10)11(8)7-9/h4-7,12H,1-3,14H2. The van der Waals surface area contributed by atoms with Crippen molar-refractivity contribution in [3.05, 3.63) is 35.8 Å². The summed E-state index contributed by atoms with van der Waals surface area (Å²) >= 11 is 0. The number of aryl methyl sites for hydroxylation is 1. The number of hydrogen-bond donors (Lipinski definition) is 1. The molecule has 0 radical (unpaired) electrons. The normalized spacial score (nSPS) is 20.5. The molecule has 1 aliphatic heterocycles. The van der Waals surface area contributed by atoms with Gasteiger partial charge in [-0.15, -0.1) is 0 Å². The first-order valence-corrected chi connectivity index (χ1v) is 5.30. The molecule has 0 saturated carbocycles. The number of nitrogens with two attached hydrogens (primary N) is 1. The minimum Gasteiger partial charge on any atom is -0.329 e. The van der Waals surface area contributed by atoms with Crippen LogP contribution in [-0.4, -0.2) is 4.57 Å². The molecule has 3 rings (SSSR count). The van der Waals surface area contributed by atoms with Gasteiger partial charge in [0.2, 0.25) is 0 Å². The van der Waals surface area contributed by atoms with Gasteiger partial charge in [0.15, 0.2) is 0 Å². The van der Waals surface area contributed by atoms with Crippen molar-refractivity contribution in [2.75, 3.05) is 0 Å². The fourth-order valence-electron chi connectivity index (χ4n) is 2.46. The van der Waals surface area contributed by atoms with E-state index < -0.39 is 0 Å². The molecule has 2 N–H and O–H groups in total. The lowest BCUT2D eigenvalue weighted by Gasteiger charge is -2.23. The molecular weight excluding hydrogens is 191 g/mol. The molecule has 0 bridgehead atoms. The van der Waals surface area contributed by atoms with Crippen molar-refractivity contribution in [2.24, 2.45) is 5.73 Å². The average Bonchev–Trinajstić information content (AvgIpc) is 2.57. The first-order valence-electron chi connectivity index (χ1n) is 5.30. The van der Waals surface area contributed by atoms with Crippen LogP contribution in [0.3, 0.4) is 0 Å². The molecule has 0 spiro atoms. The SMILES string of the molecule is NC1CCCc2cc3ccc(F)cc3n21. The van der Waals surface area contributed by atoms with Crippen LogP contribution in [0, 0.1) is 5.82 Å². The number of nitrogens with zero attached hydrogens (tertiary/aromatic N) is 1. The van der Waals surface area contributed by atoms with Gasteiger partial charge in [0.1, 0.15) is 5.82 Å². The van der Waals surface area contributed by atoms with Crippen molar-refractivity contribution in [1.82, 2.24) is 4.57 Å². The Bertz CT molecular complexity index is 516. The summed E-state index contributed by atoms with van der Waals surface area (Å²) in [6, 6.07) is 7.01. The van der Waals surface area contributed by atoms with Gasteiger partial charge < -0.3 is 10.3 Å². The number of halogens is 1. The van der Waals surface area contributed by atoms with Gasteiger partial charge in [-0.25, -0.2) is 4.39 Å². The Balaban J connectivity index is 2.33. The van der Waals surface area contributed by atoms with E-state index in [1.807, 2.05) is 6.07 Å². The van der Waals surface area contributed by atoms with Crippen LogP contribution in [0.25, 0.3) is 10.9 Å². The zero-order chi connectivity index (χ0) is 10.4. The molecule has 1 atom stereocenters. The molecule has 1 aromatic carbocycles. The highest BCUT2D eigenvalue weighted by molar-refractivity contribution is 5.81. The van der Waals surface area contributed by atoms with E-state index in [2.05, 4.69) is 10.6 Å². The number of aromatic nitrogens is 1. The van der Waals surface area contributed by atoms with Crippen LogP contribution in [0.4, 0.5) is 4.39 Å². The van der Waals surface area contributed by atoms with Crippen molar-refractivity contribution in [3.63, 3.8) is 0 Å². The highest BCUT2D eigenvalue weighted by atomic mass is 19.1. The largest absolute Gasteiger partial charge is 0.329 e. The maximum absolute atomic E-state index is 13.2. The number of benzene rings is 1. The fraction of sp³-hybridized carbons (Fsp3) is 0.333. The lowest BCUT2D eigenvalue weighted by molar-refractivity contribution is 0.425. The van der Waals surface area contributed by atoms with Gasteiger partial charge in [-0.1, -0.05) is 0 Å². The molecule has 0 aliphatic carbocycles. The van der Waals surface area contributed by atoms with E-state index >= 15 is 0 Å². The van der Waals surface area contributed by atoms with Crippen LogP contribution in [0.15, 0.2) is 24.3 Å². The molecule has 2 heterocycles. The van der Waals surface area contributed by atoms with Gasteiger partial charge in [-0.05, 0) is 43.5 Å². The lowest BCUT2D eigenvalue weighted by atomic mass is 10.1. The molecular formula is C12H13FN2. The van der Waals surface area contributed by atoms with Gasteiger partial charge in [0.25, 0.3) is 0 Å². The maximum atomic E-state index is 13.2. The van der Waals surface area contributed by atoms with Gasteiger partial charge in [0, 0.05) is 11.1 Å². The minimum atomic E-state index is -0.193. The van der Waals surface area contributed by atoms with Crippen molar-refractivity contribution in [3.8, 4) is 0 Å². The van der Waals surface area contributed by atoms with E-state index in [0.29, 0.717) is 0 Å². The van der Waals surface area contributed by atoms with Crippen molar-refractivity contribution in [1.29, 1.82) is 0 Å². The van der Waals surface area contributed by atoms with Crippen LogP contribution >= 0.6 is 0 Å². The smallest absolute Gasteiger partial charge is 0.125 e. The van der Waals surface area contributed by atoms with Gasteiger partial charge >= 0.3 is 0 Å². The summed E-state index contributed by atoms with van der Waals surface area (Å²) in [5.41, 5.74) is 8.21. The average molecular weight is 204 g/mol. The minimum absolute atomic E-state index is 0.00745. The summed E-state index contributed by atoms with van der Waals surface area (Å²) in [4.78, 5) is 0. The second kappa shape index (κ2) is 3.07. The Morgan fingerprint density at radius 3 is 3.07 bits per heavy atom. The Morgan fingerprint density at radius 2 is 2.20 bits per heavy atom. The molecule has 2 aromatic rings. The molecule has 1 aliphatic rings. The third-order valence-electron chi connectivity index (χ3n) is 3.15. The molecule has 0 saturated heterocycles. The third kappa shape index (κ3) is 1.27. The summed E-state index contributed by atoms with van der Waals surface area (Å²) in [5, 5.41) is 1.09. The maximum Gasteiger partial charge on any atom is 0.125 e. The molecule has 1 unspecified atom stereocenters. The second-order valence-corrected chi connectivity index (χ2v) is 4.17. The van der Waals surface area contributed by atoms with Crippen LogP contribution in [0.1, 0.15) is 24.7 Å². The molecule has 78 valence electrons. The quantitative estimate of drug-likeness (QED) is 0.702. The molecule has 15 heavy (non-hydrogen) atoms. The van der Waals surface area contributed by atoms with Gasteiger partial charge in [-0.3, -0.25) is 0 Å². The summed E-state index contributed by atoms with van der Waals surface area (Å²) in [6.45, 7) is 0. The zero-order valence-corrected chi connectivity index (χ0v) is 8.41. The Labute approximate surface area is 87.5 Å². The summed E-state index contributed by atoms with van der Waals surface area (Å²) in [6.07, 6.45) is 3.16. The Hall–Kier alpha value is -1.35. The second-order valence-electron chi connectivity index (χ2n) is 4.17. The molecule has 0 fully saturated rings. The predicted octanol–water partition coefficient (Wildman–Crippen LogP) is 2.57. The third-order valence-corrected chi connectivity index (χ3v) is 3.15. The van der Waals surface area contributed by atoms with Crippen molar-refractivity contribution in [2.45, 2.75) is 25.4 Å². The van der Waals surface area contributed by atoms with E-state index in [-0.39, 0.29) is 12.0 Å². The van der Waals surface area contributed by atoms with Crippen LogP contribution in [-0.2, 0) is 6.42 Å². The van der Waals surface area contributed by atoms with E-state index in [9.17, 15) is 4.39 Å². The van der Waals surface area contributed by atoms with E-state index in [1.165, 1.54) is 11.8 Å². The molecule has 3 heteroatoms. The Kier molecular flexibility index (Phi) is 1.83. The van der Waals surface area contributed by atoms with Crippen LogP contribution < -0.4 is 5.73 Å². The van der Waals surface area contributed by atoms with Gasteiger partial charge in [-0.2, -0.15) is 0 Å². The summed E-state index contributed by atoms with van der Waals surface area (Å²) < 4.78 is 15.2.